The van der Waals surface area contributed by atoms with Gasteiger partial charge in [-0.3, -0.25) is 4.79 Å². The van der Waals surface area contributed by atoms with Crippen molar-refractivity contribution in [2.75, 3.05) is 12.3 Å². The highest BCUT2D eigenvalue weighted by atomic mass is 32.2. The van der Waals surface area contributed by atoms with E-state index in [1.54, 1.807) is 0 Å². The zero-order valence-corrected chi connectivity index (χ0v) is 9.09. The largest absolute Gasteiger partial charge is 0.364 e. The van der Waals surface area contributed by atoms with Gasteiger partial charge in [-0.05, 0) is 12.0 Å². The first-order chi connectivity index (χ1) is 7.34. The van der Waals surface area contributed by atoms with E-state index < -0.39 is 0 Å². The van der Waals surface area contributed by atoms with E-state index >= 15 is 0 Å². The van der Waals surface area contributed by atoms with Crippen LogP contribution in [-0.4, -0.2) is 23.4 Å². The van der Waals surface area contributed by atoms with Crippen LogP contribution in [0.15, 0.2) is 35.3 Å². The Bertz CT molecular complexity index is 375. The number of carbonyl (C=O) groups is 1. The summed E-state index contributed by atoms with van der Waals surface area (Å²) in [5.74, 6) is 0.440. The number of hydrogen-bond donors (Lipinski definition) is 1. The molecule has 0 radical (unpaired) electrons. The number of hydrogen-bond acceptors (Lipinski definition) is 3. The molecule has 1 N–H and O–H groups in total. The van der Waals surface area contributed by atoms with Gasteiger partial charge in [0.25, 0.3) is 5.91 Å². The van der Waals surface area contributed by atoms with E-state index in [9.17, 15) is 4.79 Å². The summed E-state index contributed by atoms with van der Waals surface area (Å²) in [6.07, 6.45) is 0.953. The zero-order valence-electron chi connectivity index (χ0n) is 8.27. The number of benzene rings is 1. The number of rotatable bonds is 3. The summed E-state index contributed by atoms with van der Waals surface area (Å²) < 4.78 is 0. The minimum Gasteiger partial charge on any atom is -0.364 e. The van der Waals surface area contributed by atoms with Gasteiger partial charge in [-0.2, -0.15) is 4.99 Å². The number of nitrogens with one attached hydrogen (secondary N) is 1. The van der Waals surface area contributed by atoms with Crippen LogP contribution < -0.4 is 5.32 Å². The quantitative estimate of drug-likeness (QED) is 0.838. The van der Waals surface area contributed by atoms with Gasteiger partial charge in [-0.25, -0.2) is 0 Å². The highest BCUT2D eigenvalue weighted by Gasteiger charge is 2.13. The van der Waals surface area contributed by atoms with E-state index in [1.165, 1.54) is 17.3 Å². The molecular formula is C11H12N2OS. The molecule has 1 aliphatic heterocycles. The van der Waals surface area contributed by atoms with Gasteiger partial charge in [-0.15, -0.1) is 0 Å². The lowest BCUT2D eigenvalue weighted by Crippen LogP contribution is -2.21. The van der Waals surface area contributed by atoms with E-state index in [2.05, 4.69) is 22.4 Å². The normalized spacial score (nSPS) is 15.2. The van der Waals surface area contributed by atoms with Crippen LogP contribution in [0.5, 0.6) is 0 Å². The minimum absolute atomic E-state index is 0.0396. The van der Waals surface area contributed by atoms with Crippen molar-refractivity contribution >= 4 is 22.8 Å². The second-order valence-corrected chi connectivity index (χ2v) is 4.23. The Morgan fingerprint density at radius 3 is 2.80 bits per heavy atom. The molecule has 4 heteroatoms. The van der Waals surface area contributed by atoms with Crippen molar-refractivity contribution in [2.45, 2.75) is 6.42 Å². The van der Waals surface area contributed by atoms with Gasteiger partial charge in [0.1, 0.15) is 0 Å². The topological polar surface area (TPSA) is 41.5 Å². The predicted octanol–water partition coefficient (Wildman–Crippen LogP) is 1.45. The third-order valence-electron chi connectivity index (χ3n) is 2.09. The molecule has 2 rings (SSSR count). The standard InChI is InChI=1S/C11H12N2OS/c14-10-8-15-11(13-10)12-7-6-9-4-2-1-3-5-9/h1-5H,6-8H2,(H,12,13,14). The zero-order chi connectivity index (χ0) is 10.5. The van der Waals surface area contributed by atoms with Crippen LogP contribution in [0.1, 0.15) is 5.56 Å². The van der Waals surface area contributed by atoms with Gasteiger partial charge in [0.2, 0.25) is 0 Å². The molecule has 78 valence electrons. The first kappa shape index (κ1) is 10.2. The first-order valence-corrected chi connectivity index (χ1v) is 5.85. The highest BCUT2D eigenvalue weighted by molar-refractivity contribution is 8.14. The Morgan fingerprint density at radius 2 is 2.13 bits per heavy atom. The van der Waals surface area contributed by atoms with Crippen LogP contribution in [0, 0.1) is 0 Å². The lowest BCUT2D eigenvalue weighted by molar-refractivity contribution is -0.115. The lowest BCUT2D eigenvalue weighted by Gasteiger charge is -2.03. The number of carbonyl (C=O) groups excluding carboxylic acids is 1. The Morgan fingerprint density at radius 1 is 1.33 bits per heavy atom. The van der Waals surface area contributed by atoms with Crippen LogP contribution in [0.2, 0.25) is 0 Å². The van der Waals surface area contributed by atoms with Crippen molar-refractivity contribution in [3.63, 3.8) is 0 Å². The molecule has 3 nitrogen and oxygen atoms in total. The second kappa shape index (κ2) is 4.98. The fourth-order valence-corrected chi connectivity index (χ4v) is 2.05. The number of thioether (sulfide) groups is 1. The summed E-state index contributed by atoms with van der Waals surface area (Å²) in [6, 6.07) is 10.3. The summed E-state index contributed by atoms with van der Waals surface area (Å²) in [4.78, 5) is 14.7. The van der Waals surface area contributed by atoms with E-state index in [4.69, 9.17) is 0 Å². The second-order valence-electron chi connectivity index (χ2n) is 3.26. The van der Waals surface area contributed by atoms with Crippen LogP contribution in [0.25, 0.3) is 0 Å². The van der Waals surface area contributed by atoms with E-state index in [-0.39, 0.29) is 5.91 Å². The van der Waals surface area contributed by atoms with Crippen molar-refractivity contribution in [2.24, 2.45) is 4.99 Å². The number of nitrogens with zero attached hydrogens (tertiary/aromatic N) is 1. The summed E-state index contributed by atoms with van der Waals surface area (Å²) >= 11 is 1.47. The number of amidine groups is 1. The molecule has 0 fully saturated rings. The van der Waals surface area contributed by atoms with Crippen LogP contribution in [0.3, 0.4) is 0 Å². The van der Waals surface area contributed by atoms with Gasteiger partial charge in [-0.1, -0.05) is 42.1 Å². The van der Waals surface area contributed by atoms with Crippen molar-refractivity contribution in [3.05, 3.63) is 35.9 Å². The fraction of sp³-hybridized carbons (Fsp3) is 0.273. The average molecular weight is 220 g/mol. The lowest BCUT2D eigenvalue weighted by atomic mass is 10.2. The van der Waals surface area contributed by atoms with Gasteiger partial charge >= 0.3 is 0 Å². The fourth-order valence-electron chi connectivity index (χ4n) is 1.36. The summed E-state index contributed by atoms with van der Waals surface area (Å²) in [7, 11) is 0. The van der Waals surface area contributed by atoms with Gasteiger partial charge in [0.15, 0.2) is 5.17 Å². The van der Waals surface area contributed by atoms with Crippen molar-refractivity contribution in [1.29, 1.82) is 0 Å². The van der Waals surface area contributed by atoms with Crippen LogP contribution in [-0.2, 0) is 11.2 Å². The van der Waals surface area contributed by atoms with Crippen LogP contribution >= 0.6 is 11.8 Å². The molecule has 0 saturated carbocycles. The van der Waals surface area contributed by atoms with E-state index in [0.29, 0.717) is 5.75 Å². The van der Waals surface area contributed by atoms with Crippen LogP contribution in [0.4, 0.5) is 0 Å². The number of aliphatic imine (C=N–C) groups is 1. The van der Waals surface area contributed by atoms with Crippen molar-refractivity contribution in [1.82, 2.24) is 5.32 Å². The molecule has 0 atom stereocenters. The molecule has 0 bridgehead atoms. The molecule has 0 aliphatic carbocycles. The van der Waals surface area contributed by atoms with Gasteiger partial charge in [0.05, 0.1) is 5.75 Å². The maximum atomic E-state index is 10.8. The molecule has 1 amide bonds. The van der Waals surface area contributed by atoms with E-state index in [0.717, 1.165) is 18.1 Å². The summed E-state index contributed by atoms with van der Waals surface area (Å²) in [6.45, 7) is 0.823. The molecule has 1 aromatic carbocycles. The first-order valence-electron chi connectivity index (χ1n) is 4.87. The number of amides is 1. The predicted molar refractivity (Wildman–Crippen MR) is 63.0 cm³/mol. The van der Waals surface area contributed by atoms with Gasteiger partial charge in [0, 0.05) is 6.54 Å². The van der Waals surface area contributed by atoms with Crippen molar-refractivity contribution < 1.29 is 4.79 Å². The third kappa shape index (κ3) is 3.09. The smallest absolute Gasteiger partial charge is 0.258 e. The van der Waals surface area contributed by atoms with E-state index in [1.807, 2.05) is 18.2 Å². The summed E-state index contributed by atoms with van der Waals surface area (Å²) in [5, 5.41) is 3.91. The average Bonchev–Trinajstić information content (AvgIpc) is 2.66. The molecule has 15 heavy (non-hydrogen) atoms. The minimum atomic E-state index is -0.0396. The molecule has 0 aromatic heterocycles. The molecule has 0 spiro atoms. The molecule has 1 aliphatic rings. The maximum Gasteiger partial charge on any atom is 0.258 e. The van der Waals surface area contributed by atoms with Crippen molar-refractivity contribution in [3.8, 4) is 0 Å². The third-order valence-corrected chi connectivity index (χ3v) is 2.99. The van der Waals surface area contributed by atoms with Gasteiger partial charge < -0.3 is 5.32 Å². The monoisotopic (exact) mass is 220 g/mol. The maximum absolute atomic E-state index is 10.8. The molecule has 0 saturated heterocycles. The molecule has 1 aromatic rings. The highest BCUT2D eigenvalue weighted by Crippen LogP contribution is 2.10. The molecule has 0 unspecified atom stereocenters. The SMILES string of the molecule is O=C1CSC(NCCc2ccccc2)=N1. The summed E-state index contributed by atoms with van der Waals surface area (Å²) in [5.41, 5.74) is 1.29. The Labute approximate surface area is 93.0 Å². The Kier molecular flexibility index (Phi) is 3.40. The Balaban J connectivity index is 1.76. The molecular weight excluding hydrogens is 208 g/mol. The Hall–Kier alpha value is -1.29. The molecule has 1 heterocycles.